The lowest BCUT2D eigenvalue weighted by Gasteiger charge is -2.10. The third-order valence-electron chi connectivity index (χ3n) is 1.79. The molecule has 1 aromatic carbocycles. The van der Waals surface area contributed by atoms with Crippen LogP contribution >= 0.6 is 0 Å². The molecule has 0 saturated heterocycles. The maximum absolute atomic E-state index is 13.0. The molecular weight excluding hydrogens is 213 g/mol. The fourth-order valence-corrected chi connectivity index (χ4v) is 1.12. The van der Waals surface area contributed by atoms with Crippen LogP contribution in [-0.2, 0) is 0 Å². The van der Waals surface area contributed by atoms with Gasteiger partial charge in [0.15, 0.2) is 0 Å². The Hall–Kier alpha value is -1.72. The fraction of sp³-hybridized carbons (Fsp3) is 0.222. The van der Waals surface area contributed by atoms with Crippen LogP contribution in [0.1, 0.15) is 15.9 Å². The van der Waals surface area contributed by atoms with Crippen molar-refractivity contribution in [3.8, 4) is 5.75 Å². The van der Waals surface area contributed by atoms with E-state index in [1.165, 1.54) is 6.92 Å². The molecule has 3 nitrogen and oxygen atoms in total. The molecule has 1 rings (SSSR count). The van der Waals surface area contributed by atoms with E-state index in [0.29, 0.717) is 0 Å². The molecule has 82 valence electrons. The van der Waals surface area contributed by atoms with E-state index >= 15 is 0 Å². The number of hydrogen-bond acceptors (Lipinski definition) is 2. The highest BCUT2D eigenvalue weighted by Gasteiger charge is 2.19. The molecule has 0 heterocycles. The Morgan fingerprint density at radius 3 is 2.53 bits per heavy atom. The van der Waals surface area contributed by atoms with Crippen LogP contribution in [0.2, 0.25) is 0 Å². The van der Waals surface area contributed by atoms with E-state index in [-0.39, 0.29) is 5.56 Å². The average molecular weight is 220 g/mol. The van der Waals surface area contributed by atoms with E-state index in [9.17, 15) is 18.0 Å². The lowest BCUT2D eigenvalue weighted by molar-refractivity contribution is -0.0504. The topological polar surface area (TPSA) is 46.5 Å². The molecule has 0 spiro atoms. The van der Waals surface area contributed by atoms with Gasteiger partial charge in [-0.25, -0.2) is 9.18 Å². The minimum absolute atomic E-state index is 0.236. The number of carbonyl (C=O) groups is 1. The Balaban J connectivity index is 3.27. The molecule has 0 bridgehead atoms. The predicted octanol–water partition coefficient (Wildman–Crippen LogP) is 2.43. The molecule has 0 aliphatic heterocycles. The van der Waals surface area contributed by atoms with E-state index < -0.39 is 29.7 Å². The molecule has 0 aromatic heterocycles. The lowest BCUT2D eigenvalue weighted by Crippen LogP contribution is -2.10. The molecule has 0 aliphatic carbocycles. The molecule has 0 fully saturated rings. The van der Waals surface area contributed by atoms with Crippen molar-refractivity contribution < 1.29 is 27.8 Å². The maximum atomic E-state index is 13.0. The zero-order chi connectivity index (χ0) is 11.6. The van der Waals surface area contributed by atoms with Crippen LogP contribution in [0.3, 0.4) is 0 Å². The Labute approximate surface area is 83.1 Å². The van der Waals surface area contributed by atoms with Crippen LogP contribution in [0.15, 0.2) is 12.1 Å². The molecule has 0 radical (unpaired) electrons. The highest BCUT2D eigenvalue weighted by molar-refractivity contribution is 5.92. The van der Waals surface area contributed by atoms with Crippen LogP contribution in [0, 0.1) is 12.7 Å². The monoisotopic (exact) mass is 220 g/mol. The van der Waals surface area contributed by atoms with Gasteiger partial charge in [0.2, 0.25) is 0 Å². The highest BCUT2D eigenvalue weighted by Crippen LogP contribution is 2.25. The standard InChI is InChI=1S/C9H7F3O3/c1-4-5(10)2-3-6(15-9(11)12)7(4)8(13)14/h2-3,9H,1H3,(H,13,14). The summed E-state index contributed by atoms with van der Waals surface area (Å²) in [6.45, 7) is -1.97. The first kappa shape index (κ1) is 11.4. The molecular formula is C9H7F3O3. The van der Waals surface area contributed by atoms with Gasteiger partial charge in [0.25, 0.3) is 0 Å². The maximum Gasteiger partial charge on any atom is 0.387 e. The van der Waals surface area contributed by atoms with Crippen molar-refractivity contribution in [2.24, 2.45) is 0 Å². The fourth-order valence-electron chi connectivity index (χ4n) is 1.12. The van der Waals surface area contributed by atoms with Crippen LogP contribution in [0.4, 0.5) is 13.2 Å². The molecule has 15 heavy (non-hydrogen) atoms. The van der Waals surface area contributed by atoms with Crippen molar-refractivity contribution in [2.45, 2.75) is 13.5 Å². The number of carboxylic acid groups (broad SMARTS) is 1. The van der Waals surface area contributed by atoms with Gasteiger partial charge in [-0.1, -0.05) is 0 Å². The number of aromatic carboxylic acids is 1. The summed E-state index contributed by atoms with van der Waals surface area (Å²) in [5, 5.41) is 8.69. The molecule has 1 N–H and O–H groups in total. The average Bonchev–Trinajstić information content (AvgIpc) is 2.10. The largest absolute Gasteiger partial charge is 0.478 e. The summed E-state index contributed by atoms with van der Waals surface area (Å²) in [5.41, 5.74) is -0.823. The number of carboxylic acids is 1. The van der Waals surface area contributed by atoms with Gasteiger partial charge in [-0.15, -0.1) is 0 Å². The lowest BCUT2D eigenvalue weighted by atomic mass is 10.1. The third kappa shape index (κ3) is 2.39. The molecule has 0 atom stereocenters. The summed E-state index contributed by atoms with van der Waals surface area (Å²) in [5.74, 6) is -2.84. The Morgan fingerprint density at radius 1 is 1.47 bits per heavy atom. The second kappa shape index (κ2) is 4.20. The van der Waals surface area contributed by atoms with Gasteiger partial charge in [-0.05, 0) is 19.1 Å². The second-order valence-electron chi connectivity index (χ2n) is 2.73. The van der Waals surface area contributed by atoms with Gasteiger partial charge >= 0.3 is 12.6 Å². The van der Waals surface area contributed by atoms with Gasteiger partial charge in [0, 0.05) is 5.56 Å². The minimum Gasteiger partial charge on any atom is -0.478 e. The molecule has 1 aromatic rings. The van der Waals surface area contributed by atoms with Crippen LogP contribution in [0.5, 0.6) is 5.75 Å². The van der Waals surface area contributed by atoms with E-state index in [0.717, 1.165) is 12.1 Å². The normalized spacial score (nSPS) is 10.5. The zero-order valence-electron chi connectivity index (χ0n) is 7.63. The van der Waals surface area contributed by atoms with E-state index in [4.69, 9.17) is 5.11 Å². The molecule has 0 aliphatic rings. The van der Waals surface area contributed by atoms with E-state index in [1.54, 1.807) is 0 Å². The minimum atomic E-state index is -3.15. The summed E-state index contributed by atoms with van der Waals surface area (Å²) >= 11 is 0. The van der Waals surface area contributed by atoms with Crippen molar-refractivity contribution in [3.05, 3.63) is 29.1 Å². The summed E-state index contributed by atoms with van der Waals surface area (Å²) in [4.78, 5) is 10.7. The van der Waals surface area contributed by atoms with Gasteiger partial charge in [0.1, 0.15) is 17.1 Å². The highest BCUT2D eigenvalue weighted by atomic mass is 19.3. The summed E-state index contributed by atoms with van der Waals surface area (Å²) in [6.07, 6.45) is 0. The van der Waals surface area contributed by atoms with E-state index in [1.807, 2.05) is 0 Å². The first-order valence-corrected chi connectivity index (χ1v) is 3.90. The number of ether oxygens (including phenoxy) is 1. The summed E-state index contributed by atoms with van der Waals surface area (Å²) < 4.78 is 40.7. The smallest absolute Gasteiger partial charge is 0.387 e. The molecule has 0 saturated carbocycles. The van der Waals surface area contributed by atoms with Crippen molar-refractivity contribution in [1.29, 1.82) is 0 Å². The SMILES string of the molecule is Cc1c(F)ccc(OC(F)F)c1C(=O)O. The van der Waals surface area contributed by atoms with Crippen molar-refractivity contribution in [3.63, 3.8) is 0 Å². The Kier molecular flexibility index (Phi) is 3.18. The number of halogens is 3. The summed E-state index contributed by atoms with van der Waals surface area (Å²) in [7, 11) is 0. The zero-order valence-corrected chi connectivity index (χ0v) is 7.63. The van der Waals surface area contributed by atoms with Crippen LogP contribution in [0.25, 0.3) is 0 Å². The second-order valence-corrected chi connectivity index (χ2v) is 2.73. The first-order valence-electron chi connectivity index (χ1n) is 3.90. The number of alkyl halides is 2. The predicted molar refractivity (Wildman–Crippen MR) is 44.7 cm³/mol. The van der Waals surface area contributed by atoms with Gasteiger partial charge in [-0.3, -0.25) is 0 Å². The van der Waals surface area contributed by atoms with Gasteiger partial charge in [-0.2, -0.15) is 8.78 Å². The van der Waals surface area contributed by atoms with Crippen molar-refractivity contribution in [2.75, 3.05) is 0 Å². The summed E-state index contributed by atoms with van der Waals surface area (Å²) in [6, 6.07) is 1.73. The Morgan fingerprint density at radius 2 is 2.07 bits per heavy atom. The number of benzene rings is 1. The molecule has 0 unspecified atom stereocenters. The van der Waals surface area contributed by atoms with Gasteiger partial charge < -0.3 is 9.84 Å². The number of hydrogen-bond donors (Lipinski definition) is 1. The van der Waals surface area contributed by atoms with Crippen molar-refractivity contribution >= 4 is 5.97 Å². The molecule has 0 amide bonds. The third-order valence-corrected chi connectivity index (χ3v) is 1.79. The van der Waals surface area contributed by atoms with Gasteiger partial charge in [0.05, 0.1) is 0 Å². The first-order chi connectivity index (χ1) is 6.93. The van der Waals surface area contributed by atoms with Crippen molar-refractivity contribution in [1.82, 2.24) is 0 Å². The number of rotatable bonds is 3. The van der Waals surface area contributed by atoms with Crippen LogP contribution in [-0.4, -0.2) is 17.7 Å². The molecule has 6 heteroatoms. The Bertz CT molecular complexity index is 390. The van der Waals surface area contributed by atoms with Crippen LogP contribution < -0.4 is 4.74 Å². The quantitative estimate of drug-likeness (QED) is 0.850. The van der Waals surface area contributed by atoms with E-state index in [2.05, 4.69) is 4.74 Å².